The second-order valence-corrected chi connectivity index (χ2v) is 6.91. The van der Waals surface area contributed by atoms with Crippen LogP contribution >= 0.6 is 11.6 Å². The van der Waals surface area contributed by atoms with Gasteiger partial charge in [-0.05, 0) is 36.2 Å². The van der Waals surface area contributed by atoms with E-state index < -0.39 is 0 Å². The van der Waals surface area contributed by atoms with Gasteiger partial charge in [0.1, 0.15) is 12.4 Å². The molecule has 0 amide bonds. The molecule has 0 saturated heterocycles. The fourth-order valence-corrected chi connectivity index (χ4v) is 3.20. The van der Waals surface area contributed by atoms with Gasteiger partial charge < -0.3 is 14.8 Å². The van der Waals surface area contributed by atoms with Crippen LogP contribution in [-0.4, -0.2) is 7.11 Å². The predicted octanol–water partition coefficient (Wildman–Crippen LogP) is 5.92. The van der Waals surface area contributed by atoms with Crippen LogP contribution in [0.4, 0.5) is 4.39 Å². The molecule has 3 rings (SSSR count). The SMILES string of the molecule is COc1cc(CNC(C)c2ccccc2)cc(Cl)c1OCc1ccccc1F. The Morgan fingerprint density at radius 3 is 2.46 bits per heavy atom. The molecule has 3 aromatic rings. The van der Waals surface area contributed by atoms with Crippen LogP contribution in [-0.2, 0) is 13.2 Å². The van der Waals surface area contributed by atoms with Crippen molar-refractivity contribution in [2.45, 2.75) is 26.1 Å². The van der Waals surface area contributed by atoms with Crippen molar-refractivity contribution in [3.05, 3.63) is 94.3 Å². The molecule has 5 heteroatoms. The Kier molecular flexibility index (Phi) is 6.90. The van der Waals surface area contributed by atoms with E-state index in [1.807, 2.05) is 30.3 Å². The van der Waals surface area contributed by atoms with Gasteiger partial charge in [0.05, 0.1) is 12.1 Å². The maximum Gasteiger partial charge on any atom is 0.180 e. The molecule has 0 aliphatic rings. The zero-order valence-corrected chi connectivity index (χ0v) is 16.7. The summed E-state index contributed by atoms with van der Waals surface area (Å²) >= 11 is 6.43. The Morgan fingerprint density at radius 1 is 1.04 bits per heavy atom. The first-order valence-electron chi connectivity index (χ1n) is 9.09. The molecule has 0 spiro atoms. The maximum atomic E-state index is 13.8. The summed E-state index contributed by atoms with van der Waals surface area (Å²) in [6.07, 6.45) is 0. The molecule has 0 aromatic heterocycles. The largest absolute Gasteiger partial charge is 0.493 e. The first-order valence-corrected chi connectivity index (χ1v) is 9.47. The van der Waals surface area contributed by atoms with Crippen LogP contribution in [0.2, 0.25) is 5.02 Å². The molecule has 1 unspecified atom stereocenters. The molecule has 0 heterocycles. The third-order valence-corrected chi connectivity index (χ3v) is 4.81. The molecule has 0 radical (unpaired) electrons. The fourth-order valence-electron chi connectivity index (χ4n) is 2.91. The third-order valence-electron chi connectivity index (χ3n) is 4.53. The van der Waals surface area contributed by atoms with E-state index >= 15 is 0 Å². The molecular weight excluding hydrogens is 377 g/mol. The number of hydrogen-bond acceptors (Lipinski definition) is 3. The summed E-state index contributed by atoms with van der Waals surface area (Å²) in [5, 5.41) is 3.90. The molecule has 3 aromatic carbocycles. The van der Waals surface area contributed by atoms with E-state index in [1.165, 1.54) is 11.6 Å². The summed E-state index contributed by atoms with van der Waals surface area (Å²) in [6, 6.07) is 20.6. The predicted molar refractivity (Wildman–Crippen MR) is 110 cm³/mol. The van der Waals surface area contributed by atoms with Crippen molar-refractivity contribution in [2.75, 3.05) is 7.11 Å². The Balaban J connectivity index is 1.69. The van der Waals surface area contributed by atoms with Crippen molar-refractivity contribution in [2.24, 2.45) is 0 Å². The van der Waals surface area contributed by atoms with Crippen molar-refractivity contribution in [1.82, 2.24) is 5.32 Å². The van der Waals surface area contributed by atoms with Crippen LogP contribution in [0.15, 0.2) is 66.7 Å². The van der Waals surface area contributed by atoms with Crippen molar-refractivity contribution in [1.29, 1.82) is 0 Å². The maximum absolute atomic E-state index is 13.8. The summed E-state index contributed by atoms with van der Waals surface area (Å²) in [5.41, 5.74) is 2.65. The van der Waals surface area contributed by atoms with Gasteiger partial charge in [-0.1, -0.05) is 60.1 Å². The molecule has 1 N–H and O–H groups in total. The lowest BCUT2D eigenvalue weighted by atomic mass is 10.1. The lowest BCUT2D eigenvalue weighted by Crippen LogP contribution is -2.18. The van der Waals surface area contributed by atoms with E-state index in [0.717, 1.165) is 5.56 Å². The Bertz CT molecular complexity index is 918. The van der Waals surface area contributed by atoms with Gasteiger partial charge >= 0.3 is 0 Å². The summed E-state index contributed by atoms with van der Waals surface area (Å²) < 4.78 is 25.0. The number of ether oxygens (including phenoxy) is 2. The minimum absolute atomic E-state index is 0.0748. The average molecular weight is 400 g/mol. The Morgan fingerprint density at radius 2 is 1.75 bits per heavy atom. The summed E-state index contributed by atoms with van der Waals surface area (Å²) in [6.45, 7) is 2.81. The number of halogens is 2. The van der Waals surface area contributed by atoms with Gasteiger partial charge in [-0.15, -0.1) is 0 Å². The highest BCUT2D eigenvalue weighted by molar-refractivity contribution is 6.32. The van der Waals surface area contributed by atoms with Gasteiger partial charge in [-0.3, -0.25) is 0 Å². The van der Waals surface area contributed by atoms with Gasteiger partial charge in [0, 0.05) is 18.2 Å². The number of benzene rings is 3. The zero-order chi connectivity index (χ0) is 19.9. The minimum atomic E-state index is -0.312. The lowest BCUT2D eigenvalue weighted by Gasteiger charge is -2.17. The second-order valence-electron chi connectivity index (χ2n) is 6.50. The molecule has 1 atom stereocenters. The topological polar surface area (TPSA) is 30.5 Å². The van der Waals surface area contributed by atoms with Crippen molar-refractivity contribution in [3.63, 3.8) is 0 Å². The van der Waals surface area contributed by atoms with Gasteiger partial charge in [0.15, 0.2) is 11.5 Å². The average Bonchev–Trinajstić information content (AvgIpc) is 2.72. The number of hydrogen-bond donors (Lipinski definition) is 1. The first kappa shape index (κ1) is 20.2. The van der Waals surface area contributed by atoms with Crippen molar-refractivity contribution in [3.8, 4) is 11.5 Å². The van der Waals surface area contributed by atoms with Crippen LogP contribution in [0, 0.1) is 5.82 Å². The van der Waals surface area contributed by atoms with E-state index in [2.05, 4.69) is 24.4 Å². The molecule has 28 heavy (non-hydrogen) atoms. The molecule has 0 bridgehead atoms. The minimum Gasteiger partial charge on any atom is -0.493 e. The molecule has 0 fully saturated rings. The van der Waals surface area contributed by atoms with E-state index in [9.17, 15) is 4.39 Å². The second kappa shape index (κ2) is 9.58. The summed E-state index contributed by atoms with van der Waals surface area (Å²) in [4.78, 5) is 0. The van der Waals surface area contributed by atoms with Crippen LogP contribution < -0.4 is 14.8 Å². The number of nitrogens with one attached hydrogen (secondary N) is 1. The van der Waals surface area contributed by atoms with Crippen LogP contribution in [0.3, 0.4) is 0 Å². The van der Waals surface area contributed by atoms with Gasteiger partial charge in [0.25, 0.3) is 0 Å². The molecule has 0 aliphatic carbocycles. The third kappa shape index (κ3) is 5.03. The van der Waals surface area contributed by atoms with Gasteiger partial charge in [0.2, 0.25) is 0 Å². The van der Waals surface area contributed by atoms with E-state index in [4.69, 9.17) is 21.1 Å². The van der Waals surface area contributed by atoms with Crippen LogP contribution in [0.1, 0.15) is 29.7 Å². The molecule has 0 aliphatic heterocycles. The van der Waals surface area contributed by atoms with Gasteiger partial charge in [-0.2, -0.15) is 0 Å². The Hall–Kier alpha value is -2.56. The van der Waals surface area contributed by atoms with E-state index in [-0.39, 0.29) is 18.5 Å². The van der Waals surface area contributed by atoms with Crippen LogP contribution in [0.5, 0.6) is 11.5 Å². The standard InChI is InChI=1S/C23H23ClFNO2/c1-16(18-8-4-3-5-9-18)26-14-17-12-20(24)23(22(13-17)27-2)28-15-19-10-6-7-11-21(19)25/h3-13,16,26H,14-15H2,1-2H3. The fraction of sp³-hybridized carbons (Fsp3) is 0.217. The highest BCUT2D eigenvalue weighted by Gasteiger charge is 2.14. The number of rotatable bonds is 8. The van der Waals surface area contributed by atoms with E-state index in [0.29, 0.717) is 28.6 Å². The summed E-state index contributed by atoms with van der Waals surface area (Å²) in [7, 11) is 1.56. The van der Waals surface area contributed by atoms with Crippen LogP contribution in [0.25, 0.3) is 0 Å². The highest BCUT2D eigenvalue weighted by atomic mass is 35.5. The van der Waals surface area contributed by atoms with E-state index in [1.54, 1.807) is 25.3 Å². The smallest absolute Gasteiger partial charge is 0.180 e. The van der Waals surface area contributed by atoms with Crippen molar-refractivity contribution >= 4 is 11.6 Å². The van der Waals surface area contributed by atoms with Gasteiger partial charge in [-0.25, -0.2) is 4.39 Å². The zero-order valence-electron chi connectivity index (χ0n) is 15.9. The first-order chi connectivity index (χ1) is 13.6. The molecule has 146 valence electrons. The van der Waals surface area contributed by atoms with Crippen molar-refractivity contribution < 1.29 is 13.9 Å². The lowest BCUT2D eigenvalue weighted by molar-refractivity contribution is 0.279. The number of methoxy groups -OCH3 is 1. The molecule has 3 nitrogen and oxygen atoms in total. The monoisotopic (exact) mass is 399 g/mol. The summed E-state index contributed by atoms with van der Waals surface area (Å²) in [5.74, 6) is 0.619. The quantitative estimate of drug-likeness (QED) is 0.510. The Labute approximate surface area is 170 Å². The molecule has 0 saturated carbocycles. The molecular formula is C23H23ClFNO2. The normalized spacial score (nSPS) is 11.9. The highest BCUT2D eigenvalue weighted by Crippen LogP contribution is 2.37.